The number of hydrogen-bond acceptors (Lipinski definition) is 1. The van der Waals surface area contributed by atoms with Crippen LogP contribution in [-0.2, 0) is 0 Å². The SMILES string of the molecule is CCCCCCCCCCCCCCCCCCCCN=C(C)N(C)C. The molecule has 0 aliphatic rings. The highest BCUT2D eigenvalue weighted by molar-refractivity contribution is 5.79. The smallest absolute Gasteiger partial charge is 0.0952 e. The van der Waals surface area contributed by atoms with Crippen LogP contribution in [0.25, 0.3) is 0 Å². The molecule has 0 aliphatic heterocycles. The second-order valence-electron chi connectivity index (χ2n) is 8.33. The molecule has 156 valence electrons. The lowest BCUT2D eigenvalue weighted by Crippen LogP contribution is -2.18. The predicted molar refractivity (Wildman–Crippen MR) is 120 cm³/mol. The zero-order valence-corrected chi connectivity index (χ0v) is 18.8. The van der Waals surface area contributed by atoms with Gasteiger partial charge in [-0.2, -0.15) is 0 Å². The van der Waals surface area contributed by atoms with Gasteiger partial charge >= 0.3 is 0 Å². The molecule has 0 aromatic carbocycles. The molecule has 0 spiro atoms. The maximum Gasteiger partial charge on any atom is 0.0952 e. The summed E-state index contributed by atoms with van der Waals surface area (Å²) in [6.07, 6.45) is 25.8. The highest BCUT2D eigenvalue weighted by Crippen LogP contribution is 2.14. The van der Waals surface area contributed by atoms with Gasteiger partial charge in [-0.05, 0) is 13.3 Å². The van der Waals surface area contributed by atoms with E-state index in [2.05, 4.69) is 37.8 Å². The second kappa shape index (κ2) is 20.8. The third kappa shape index (κ3) is 19.8. The van der Waals surface area contributed by atoms with E-state index in [1.165, 1.54) is 116 Å². The van der Waals surface area contributed by atoms with Crippen LogP contribution in [0.3, 0.4) is 0 Å². The summed E-state index contributed by atoms with van der Waals surface area (Å²) in [7, 11) is 4.13. The van der Waals surface area contributed by atoms with Crippen LogP contribution in [0.4, 0.5) is 0 Å². The summed E-state index contributed by atoms with van der Waals surface area (Å²) < 4.78 is 0. The molecular weight excluding hydrogens is 316 g/mol. The van der Waals surface area contributed by atoms with Crippen LogP contribution in [0, 0.1) is 0 Å². The lowest BCUT2D eigenvalue weighted by atomic mass is 10.0. The van der Waals surface area contributed by atoms with Gasteiger partial charge in [-0.3, -0.25) is 4.99 Å². The van der Waals surface area contributed by atoms with Crippen molar-refractivity contribution < 1.29 is 0 Å². The summed E-state index contributed by atoms with van der Waals surface area (Å²) in [5.41, 5.74) is 0. The highest BCUT2D eigenvalue weighted by Gasteiger charge is 1.95. The maximum atomic E-state index is 4.58. The van der Waals surface area contributed by atoms with Crippen molar-refractivity contribution in [3.63, 3.8) is 0 Å². The van der Waals surface area contributed by atoms with Gasteiger partial charge in [0.1, 0.15) is 0 Å². The van der Waals surface area contributed by atoms with Gasteiger partial charge in [-0.1, -0.05) is 116 Å². The van der Waals surface area contributed by atoms with Crippen LogP contribution < -0.4 is 0 Å². The standard InChI is InChI=1S/C24H50N2/c1-5-6-7-8-9-10-11-12-13-14-15-16-17-18-19-20-21-22-23-25-24(2)26(3)4/h5-23H2,1-4H3. The van der Waals surface area contributed by atoms with Crippen LogP contribution >= 0.6 is 0 Å². The van der Waals surface area contributed by atoms with E-state index in [9.17, 15) is 0 Å². The third-order valence-electron chi connectivity index (χ3n) is 5.50. The first kappa shape index (κ1) is 25.5. The van der Waals surface area contributed by atoms with Crippen LogP contribution in [0.15, 0.2) is 4.99 Å². The highest BCUT2D eigenvalue weighted by atomic mass is 15.1. The molecule has 0 unspecified atom stereocenters. The molecule has 2 nitrogen and oxygen atoms in total. The predicted octanol–water partition coefficient (Wildman–Crippen LogP) is 8.01. The quantitative estimate of drug-likeness (QED) is 0.128. The first-order chi connectivity index (χ1) is 12.7. The summed E-state index contributed by atoms with van der Waals surface area (Å²) in [6, 6.07) is 0. The summed E-state index contributed by atoms with van der Waals surface area (Å²) in [4.78, 5) is 6.67. The van der Waals surface area contributed by atoms with E-state index in [0.717, 1.165) is 12.4 Å². The lowest BCUT2D eigenvalue weighted by Gasteiger charge is -2.10. The number of aliphatic imine (C=N–C) groups is 1. The summed E-state index contributed by atoms with van der Waals surface area (Å²) in [5, 5.41) is 0. The number of nitrogens with zero attached hydrogens (tertiary/aromatic N) is 2. The van der Waals surface area contributed by atoms with Crippen molar-refractivity contribution in [1.82, 2.24) is 4.90 Å². The van der Waals surface area contributed by atoms with Crippen LogP contribution in [0.2, 0.25) is 0 Å². The molecule has 0 bridgehead atoms. The van der Waals surface area contributed by atoms with Crippen molar-refractivity contribution in [3.05, 3.63) is 0 Å². The molecule has 0 N–H and O–H groups in total. The average molecular weight is 367 g/mol. The first-order valence-electron chi connectivity index (χ1n) is 11.9. The fraction of sp³-hybridized carbons (Fsp3) is 0.958. The fourth-order valence-corrected chi connectivity index (χ4v) is 3.40. The Morgan fingerprint density at radius 2 is 0.846 bits per heavy atom. The van der Waals surface area contributed by atoms with Gasteiger partial charge in [0.15, 0.2) is 0 Å². The molecule has 0 heterocycles. The summed E-state index contributed by atoms with van der Waals surface area (Å²) in [6.45, 7) is 5.39. The van der Waals surface area contributed by atoms with E-state index in [0.29, 0.717) is 0 Å². The van der Waals surface area contributed by atoms with Crippen molar-refractivity contribution in [2.75, 3.05) is 20.6 Å². The Hall–Kier alpha value is -0.530. The normalized spacial score (nSPS) is 11.9. The molecule has 0 aromatic heterocycles. The molecule has 0 saturated carbocycles. The zero-order chi connectivity index (χ0) is 19.3. The Morgan fingerprint density at radius 3 is 1.15 bits per heavy atom. The van der Waals surface area contributed by atoms with Crippen molar-refractivity contribution >= 4 is 5.84 Å². The zero-order valence-electron chi connectivity index (χ0n) is 18.8. The number of rotatable bonds is 19. The van der Waals surface area contributed by atoms with E-state index >= 15 is 0 Å². The lowest BCUT2D eigenvalue weighted by molar-refractivity contribution is 0.525. The molecule has 0 saturated heterocycles. The minimum absolute atomic E-state index is 1.00. The Kier molecular flexibility index (Phi) is 20.4. The third-order valence-corrected chi connectivity index (χ3v) is 5.50. The van der Waals surface area contributed by atoms with E-state index in [1.807, 2.05) is 0 Å². The molecule has 0 atom stereocenters. The number of amidine groups is 1. The molecule has 0 aromatic rings. The average Bonchev–Trinajstić information content (AvgIpc) is 2.63. The van der Waals surface area contributed by atoms with Gasteiger partial charge in [0.05, 0.1) is 5.84 Å². The maximum absolute atomic E-state index is 4.58. The molecule has 0 rings (SSSR count). The largest absolute Gasteiger partial charge is 0.367 e. The van der Waals surface area contributed by atoms with Gasteiger partial charge in [0.2, 0.25) is 0 Å². The van der Waals surface area contributed by atoms with Crippen molar-refractivity contribution in [3.8, 4) is 0 Å². The Labute approximate surface area is 166 Å². The second-order valence-corrected chi connectivity index (χ2v) is 8.33. The summed E-state index contributed by atoms with van der Waals surface area (Å²) >= 11 is 0. The van der Waals surface area contributed by atoms with E-state index in [-0.39, 0.29) is 0 Å². The first-order valence-corrected chi connectivity index (χ1v) is 11.9. The molecule has 0 amide bonds. The van der Waals surface area contributed by atoms with Gasteiger partial charge in [0.25, 0.3) is 0 Å². The Morgan fingerprint density at radius 1 is 0.538 bits per heavy atom. The molecule has 0 radical (unpaired) electrons. The van der Waals surface area contributed by atoms with Crippen LogP contribution in [-0.4, -0.2) is 31.4 Å². The molecule has 26 heavy (non-hydrogen) atoms. The number of hydrogen-bond donors (Lipinski definition) is 0. The van der Waals surface area contributed by atoms with E-state index in [4.69, 9.17) is 0 Å². The Bertz CT molecular complexity index is 297. The Balaban J connectivity index is 3.08. The van der Waals surface area contributed by atoms with Gasteiger partial charge in [-0.25, -0.2) is 0 Å². The molecular formula is C24H50N2. The summed E-state index contributed by atoms with van der Waals surface area (Å²) in [5.74, 6) is 1.15. The monoisotopic (exact) mass is 366 g/mol. The van der Waals surface area contributed by atoms with Crippen molar-refractivity contribution in [1.29, 1.82) is 0 Å². The van der Waals surface area contributed by atoms with Gasteiger partial charge < -0.3 is 4.90 Å². The topological polar surface area (TPSA) is 15.6 Å². The molecule has 2 heteroatoms. The van der Waals surface area contributed by atoms with Crippen molar-refractivity contribution in [2.45, 2.75) is 129 Å². The van der Waals surface area contributed by atoms with Crippen molar-refractivity contribution in [2.24, 2.45) is 4.99 Å². The van der Waals surface area contributed by atoms with E-state index < -0.39 is 0 Å². The van der Waals surface area contributed by atoms with Crippen LogP contribution in [0.1, 0.15) is 129 Å². The molecule has 0 fully saturated rings. The molecule has 0 aliphatic carbocycles. The fourth-order valence-electron chi connectivity index (χ4n) is 3.40. The van der Waals surface area contributed by atoms with E-state index in [1.54, 1.807) is 0 Å². The number of unbranched alkanes of at least 4 members (excludes halogenated alkanes) is 17. The van der Waals surface area contributed by atoms with Crippen LogP contribution in [0.5, 0.6) is 0 Å². The minimum atomic E-state index is 1.00. The van der Waals surface area contributed by atoms with Gasteiger partial charge in [-0.15, -0.1) is 0 Å². The minimum Gasteiger partial charge on any atom is -0.367 e. The van der Waals surface area contributed by atoms with Gasteiger partial charge in [0, 0.05) is 20.6 Å².